The zero-order chi connectivity index (χ0) is 18.4. The zero-order valence-electron chi connectivity index (χ0n) is 14.2. The van der Waals surface area contributed by atoms with E-state index in [0.717, 1.165) is 22.0 Å². The molecule has 1 atom stereocenters. The number of aromatic nitrogens is 1. The Morgan fingerprint density at radius 3 is 2.58 bits per heavy atom. The molecule has 0 aliphatic rings. The maximum Gasteiger partial charge on any atom is 0.273 e. The first-order chi connectivity index (χ1) is 12.6. The molecule has 3 aromatic rings. The van der Waals surface area contributed by atoms with Crippen molar-refractivity contribution in [2.24, 2.45) is 5.73 Å². The molecule has 3 N–H and O–H groups in total. The second kappa shape index (κ2) is 8.78. The summed E-state index contributed by atoms with van der Waals surface area (Å²) in [5.74, 6) is 0.107. The van der Waals surface area contributed by atoms with Crippen molar-refractivity contribution in [3.8, 4) is 0 Å². The summed E-state index contributed by atoms with van der Waals surface area (Å²) >= 11 is 3.40. The lowest BCUT2D eigenvalue weighted by molar-refractivity contribution is 0.0949. The average Bonchev–Trinajstić information content (AvgIpc) is 3.15. The summed E-state index contributed by atoms with van der Waals surface area (Å²) in [4.78, 5) is 16.4. The summed E-state index contributed by atoms with van der Waals surface area (Å²) in [5.41, 5.74) is 8.63. The number of carbonyl (C=O) groups is 1. The fraction of sp³-hybridized carbons (Fsp3) is 0.200. The van der Waals surface area contributed by atoms with E-state index in [-0.39, 0.29) is 17.6 Å². The van der Waals surface area contributed by atoms with E-state index in [9.17, 15) is 4.79 Å². The van der Waals surface area contributed by atoms with Gasteiger partial charge in [0.2, 0.25) is 5.89 Å². The monoisotopic (exact) mass is 413 g/mol. The highest BCUT2D eigenvalue weighted by atomic mass is 79.9. The molecule has 134 valence electrons. The van der Waals surface area contributed by atoms with Gasteiger partial charge in [-0.1, -0.05) is 58.4 Å². The number of hydrogen-bond donors (Lipinski definition) is 2. The topological polar surface area (TPSA) is 81.1 Å². The van der Waals surface area contributed by atoms with E-state index in [0.29, 0.717) is 18.9 Å². The van der Waals surface area contributed by atoms with Gasteiger partial charge in [0.1, 0.15) is 6.26 Å². The molecule has 1 heterocycles. The first kappa shape index (κ1) is 18.4. The van der Waals surface area contributed by atoms with E-state index in [1.54, 1.807) is 0 Å². The molecule has 1 amide bonds. The Balaban J connectivity index is 1.51. The molecular formula is C20H20BrN3O2. The molecule has 0 fully saturated rings. The second-order valence-corrected chi connectivity index (χ2v) is 6.92. The number of benzene rings is 2. The van der Waals surface area contributed by atoms with Crippen LogP contribution in [-0.2, 0) is 12.8 Å². The van der Waals surface area contributed by atoms with Crippen LogP contribution in [0.15, 0.2) is 69.8 Å². The number of amides is 1. The molecule has 0 saturated carbocycles. The Kier molecular flexibility index (Phi) is 6.20. The number of oxazole rings is 1. The van der Waals surface area contributed by atoms with Crippen LogP contribution in [-0.4, -0.2) is 17.4 Å². The minimum Gasteiger partial charge on any atom is -0.446 e. The molecule has 0 radical (unpaired) electrons. The van der Waals surface area contributed by atoms with Gasteiger partial charge in [0.25, 0.3) is 5.91 Å². The van der Waals surface area contributed by atoms with Gasteiger partial charge in [0.15, 0.2) is 5.69 Å². The van der Waals surface area contributed by atoms with Crippen LogP contribution >= 0.6 is 15.9 Å². The average molecular weight is 414 g/mol. The molecule has 0 bridgehead atoms. The lowest BCUT2D eigenvalue weighted by Gasteiger charge is -2.07. The van der Waals surface area contributed by atoms with Gasteiger partial charge in [-0.15, -0.1) is 0 Å². The third-order valence-electron chi connectivity index (χ3n) is 3.98. The highest BCUT2D eigenvalue weighted by Gasteiger charge is 2.17. The first-order valence-corrected chi connectivity index (χ1v) is 9.18. The Morgan fingerprint density at radius 2 is 1.85 bits per heavy atom. The van der Waals surface area contributed by atoms with E-state index in [1.807, 2.05) is 54.6 Å². The molecule has 1 unspecified atom stereocenters. The first-order valence-electron chi connectivity index (χ1n) is 8.39. The van der Waals surface area contributed by atoms with Gasteiger partial charge in [0, 0.05) is 11.0 Å². The van der Waals surface area contributed by atoms with Gasteiger partial charge in [0.05, 0.1) is 6.04 Å². The van der Waals surface area contributed by atoms with Gasteiger partial charge in [-0.25, -0.2) is 4.98 Å². The molecule has 1 aromatic heterocycles. The SMILES string of the molecule is NC(Cc1ccccc1)c1nc(C(=O)NCCc2ccc(Br)cc2)co1. The maximum atomic E-state index is 12.2. The van der Waals surface area contributed by atoms with Gasteiger partial charge < -0.3 is 15.5 Å². The van der Waals surface area contributed by atoms with E-state index < -0.39 is 0 Å². The quantitative estimate of drug-likeness (QED) is 0.619. The van der Waals surface area contributed by atoms with E-state index >= 15 is 0 Å². The number of halogens is 1. The third-order valence-corrected chi connectivity index (χ3v) is 4.51. The second-order valence-electron chi connectivity index (χ2n) is 6.00. The standard InChI is InChI=1S/C20H20BrN3O2/c21-16-8-6-14(7-9-16)10-11-23-19(25)18-13-26-20(24-18)17(22)12-15-4-2-1-3-5-15/h1-9,13,17H,10-12,22H2,(H,23,25). The molecule has 6 heteroatoms. The van der Waals surface area contributed by atoms with Gasteiger partial charge in [-0.3, -0.25) is 4.79 Å². The largest absolute Gasteiger partial charge is 0.446 e. The molecule has 3 rings (SSSR count). The Bertz CT molecular complexity index is 847. The number of nitrogens with two attached hydrogens (primary N) is 1. The van der Waals surface area contributed by atoms with Crippen LogP contribution in [0.1, 0.15) is 33.5 Å². The summed E-state index contributed by atoms with van der Waals surface area (Å²) < 4.78 is 6.43. The highest BCUT2D eigenvalue weighted by Crippen LogP contribution is 2.16. The molecule has 0 saturated heterocycles. The van der Waals surface area contributed by atoms with Crippen molar-refractivity contribution in [3.63, 3.8) is 0 Å². The Morgan fingerprint density at radius 1 is 1.12 bits per heavy atom. The molecule has 26 heavy (non-hydrogen) atoms. The van der Waals surface area contributed by atoms with E-state index in [1.165, 1.54) is 6.26 Å². The van der Waals surface area contributed by atoms with Crippen molar-refractivity contribution in [3.05, 3.63) is 88.0 Å². The number of rotatable bonds is 7. The van der Waals surface area contributed by atoms with Crippen molar-refractivity contribution in [2.45, 2.75) is 18.9 Å². The molecule has 0 aliphatic carbocycles. The summed E-state index contributed by atoms with van der Waals surface area (Å²) in [7, 11) is 0. The number of nitrogens with one attached hydrogen (secondary N) is 1. The fourth-order valence-electron chi connectivity index (χ4n) is 2.58. The summed E-state index contributed by atoms with van der Waals surface area (Å²) in [6.45, 7) is 0.527. The number of hydrogen-bond acceptors (Lipinski definition) is 4. The van der Waals surface area contributed by atoms with Crippen molar-refractivity contribution in [1.82, 2.24) is 10.3 Å². The molecular weight excluding hydrogens is 394 g/mol. The van der Waals surface area contributed by atoms with Crippen LogP contribution < -0.4 is 11.1 Å². The van der Waals surface area contributed by atoms with Crippen LogP contribution in [0, 0.1) is 0 Å². The lowest BCUT2D eigenvalue weighted by atomic mass is 10.1. The highest BCUT2D eigenvalue weighted by molar-refractivity contribution is 9.10. The fourth-order valence-corrected chi connectivity index (χ4v) is 2.84. The van der Waals surface area contributed by atoms with Gasteiger partial charge in [-0.2, -0.15) is 0 Å². The normalized spacial score (nSPS) is 11.9. The zero-order valence-corrected chi connectivity index (χ0v) is 15.8. The summed E-state index contributed by atoms with van der Waals surface area (Å²) in [6.07, 6.45) is 2.71. The van der Waals surface area contributed by atoms with Crippen molar-refractivity contribution in [2.75, 3.05) is 6.54 Å². The van der Waals surface area contributed by atoms with Crippen molar-refractivity contribution < 1.29 is 9.21 Å². The van der Waals surface area contributed by atoms with Crippen LogP contribution in [0.3, 0.4) is 0 Å². The van der Waals surface area contributed by atoms with Crippen molar-refractivity contribution in [1.29, 1.82) is 0 Å². The lowest BCUT2D eigenvalue weighted by Crippen LogP contribution is -2.26. The predicted molar refractivity (Wildman–Crippen MR) is 104 cm³/mol. The van der Waals surface area contributed by atoms with E-state index in [2.05, 4.69) is 26.2 Å². The number of carbonyl (C=O) groups excluding carboxylic acids is 1. The Labute approximate surface area is 160 Å². The molecule has 2 aromatic carbocycles. The molecule has 0 aliphatic heterocycles. The Hall–Kier alpha value is -2.44. The summed E-state index contributed by atoms with van der Waals surface area (Å²) in [6, 6.07) is 17.5. The third kappa shape index (κ3) is 5.03. The van der Waals surface area contributed by atoms with Gasteiger partial charge >= 0.3 is 0 Å². The molecule has 5 nitrogen and oxygen atoms in total. The van der Waals surface area contributed by atoms with Crippen LogP contribution in [0.2, 0.25) is 0 Å². The summed E-state index contributed by atoms with van der Waals surface area (Å²) in [5, 5.41) is 2.85. The van der Waals surface area contributed by atoms with Crippen LogP contribution in [0.25, 0.3) is 0 Å². The smallest absolute Gasteiger partial charge is 0.273 e. The van der Waals surface area contributed by atoms with Crippen LogP contribution in [0.4, 0.5) is 0 Å². The minimum atomic E-state index is -0.387. The van der Waals surface area contributed by atoms with E-state index in [4.69, 9.17) is 10.2 Å². The molecule has 0 spiro atoms. The predicted octanol–water partition coefficient (Wildman–Crippen LogP) is 3.65. The van der Waals surface area contributed by atoms with Gasteiger partial charge in [-0.05, 0) is 36.1 Å². The maximum absolute atomic E-state index is 12.2. The van der Waals surface area contributed by atoms with Crippen molar-refractivity contribution >= 4 is 21.8 Å². The van der Waals surface area contributed by atoms with Crippen LogP contribution in [0.5, 0.6) is 0 Å². The number of nitrogens with zero attached hydrogens (tertiary/aromatic N) is 1. The minimum absolute atomic E-state index is 0.249.